The Bertz CT molecular complexity index is 924. The van der Waals surface area contributed by atoms with Crippen molar-refractivity contribution in [2.24, 2.45) is 0 Å². The normalized spacial score (nSPS) is 10.8. The van der Waals surface area contributed by atoms with Crippen molar-refractivity contribution in [1.29, 1.82) is 0 Å². The Morgan fingerprint density at radius 3 is 2.76 bits per heavy atom. The van der Waals surface area contributed by atoms with E-state index in [1.807, 2.05) is 6.07 Å². The third-order valence-corrected chi connectivity index (χ3v) is 3.74. The Hall–Kier alpha value is -3.06. The minimum Gasteiger partial charge on any atom is -0.383 e. The fourth-order valence-electron chi connectivity index (χ4n) is 2.50. The van der Waals surface area contributed by atoms with Crippen molar-refractivity contribution < 1.29 is 9.53 Å². The number of para-hydroxylation sites is 1. The Morgan fingerprint density at radius 2 is 2.00 bits per heavy atom. The number of pyridine rings is 1. The predicted molar refractivity (Wildman–Crippen MR) is 93.2 cm³/mol. The number of ether oxygens (including phenoxy) is 1. The van der Waals surface area contributed by atoms with Crippen molar-refractivity contribution >= 4 is 16.8 Å². The molecule has 0 bridgehead atoms. The third-order valence-electron chi connectivity index (χ3n) is 3.74. The summed E-state index contributed by atoms with van der Waals surface area (Å²) >= 11 is 0. The Balaban J connectivity index is 1.90. The number of H-pyrrole nitrogens is 1. The summed E-state index contributed by atoms with van der Waals surface area (Å²) in [6, 6.07) is 12.2. The maximum Gasteiger partial charge on any atom is 0.272 e. The van der Waals surface area contributed by atoms with Crippen LogP contribution in [0.15, 0.2) is 53.5 Å². The highest BCUT2D eigenvalue weighted by Gasteiger charge is 2.18. The van der Waals surface area contributed by atoms with E-state index in [9.17, 15) is 9.59 Å². The first kappa shape index (κ1) is 16.8. The molecule has 0 saturated carbocycles. The number of aromatic amines is 1. The number of nitrogens with one attached hydrogen (secondary N) is 1. The summed E-state index contributed by atoms with van der Waals surface area (Å²) in [5, 5.41) is 0.519. The first-order valence-electron chi connectivity index (χ1n) is 7.86. The minimum atomic E-state index is -0.242. The van der Waals surface area contributed by atoms with Gasteiger partial charge in [0.15, 0.2) is 0 Å². The van der Waals surface area contributed by atoms with Crippen molar-refractivity contribution in [3.05, 3.63) is 70.5 Å². The summed E-state index contributed by atoms with van der Waals surface area (Å²) < 4.78 is 5.08. The van der Waals surface area contributed by atoms with E-state index in [0.717, 1.165) is 0 Å². The number of hydrogen-bond donors (Lipinski definition) is 1. The number of nitrogens with zero attached hydrogens (tertiary/aromatic N) is 3. The number of hydrogen-bond acceptors (Lipinski definition) is 5. The maximum absolute atomic E-state index is 12.7. The average Bonchev–Trinajstić information content (AvgIpc) is 2.65. The molecule has 0 aliphatic rings. The summed E-state index contributed by atoms with van der Waals surface area (Å²) in [6.07, 6.45) is 1.57. The molecule has 2 aromatic heterocycles. The molecule has 1 amide bonds. The van der Waals surface area contributed by atoms with Crippen molar-refractivity contribution in [1.82, 2.24) is 19.9 Å². The minimum absolute atomic E-state index is 0.166. The average molecular weight is 338 g/mol. The molecule has 0 radical (unpaired) electrons. The van der Waals surface area contributed by atoms with Gasteiger partial charge in [-0.2, -0.15) is 0 Å². The van der Waals surface area contributed by atoms with Crippen LogP contribution in [0.5, 0.6) is 0 Å². The summed E-state index contributed by atoms with van der Waals surface area (Å²) in [6.45, 7) is 0.900. The zero-order chi connectivity index (χ0) is 17.6. The summed E-state index contributed by atoms with van der Waals surface area (Å²) in [5.74, 6) is 0.178. The SMILES string of the molecule is COCCN(Cc1nc2ccccc2c(=O)[nH]1)C(=O)c1ccccn1. The molecule has 3 rings (SSSR count). The van der Waals surface area contributed by atoms with Gasteiger partial charge in [0.2, 0.25) is 0 Å². The van der Waals surface area contributed by atoms with Gasteiger partial charge in [-0.3, -0.25) is 14.6 Å². The molecular formula is C18H18N4O3. The van der Waals surface area contributed by atoms with Gasteiger partial charge in [-0.1, -0.05) is 18.2 Å². The first-order chi connectivity index (χ1) is 12.2. The van der Waals surface area contributed by atoms with Gasteiger partial charge in [0.05, 0.1) is 24.1 Å². The van der Waals surface area contributed by atoms with Crippen LogP contribution in [0.2, 0.25) is 0 Å². The molecule has 1 N–H and O–H groups in total. The van der Waals surface area contributed by atoms with E-state index in [2.05, 4.69) is 15.0 Å². The Labute approximate surface area is 144 Å². The van der Waals surface area contributed by atoms with E-state index in [0.29, 0.717) is 35.6 Å². The highest BCUT2D eigenvalue weighted by Crippen LogP contribution is 2.09. The van der Waals surface area contributed by atoms with Crippen LogP contribution in [-0.2, 0) is 11.3 Å². The Morgan fingerprint density at radius 1 is 1.20 bits per heavy atom. The second-order valence-electron chi connectivity index (χ2n) is 5.46. The van der Waals surface area contributed by atoms with Gasteiger partial charge in [0.25, 0.3) is 11.5 Å². The van der Waals surface area contributed by atoms with E-state index < -0.39 is 0 Å². The summed E-state index contributed by atoms with van der Waals surface area (Å²) in [7, 11) is 1.57. The lowest BCUT2D eigenvalue weighted by Crippen LogP contribution is -2.35. The fraction of sp³-hybridized carbons (Fsp3) is 0.222. The number of aromatic nitrogens is 3. The van der Waals surface area contributed by atoms with Crippen LogP contribution in [-0.4, -0.2) is 46.0 Å². The molecule has 3 aromatic rings. The molecule has 0 aliphatic heterocycles. The smallest absolute Gasteiger partial charge is 0.272 e. The van der Waals surface area contributed by atoms with Crippen LogP contribution in [0.3, 0.4) is 0 Å². The third kappa shape index (κ3) is 3.89. The molecular weight excluding hydrogens is 320 g/mol. The van der Waals surface area contributed by atoms with Crippen molar-refractivity contribution in [2.45, 2.75) is 6.54 Å². The zero-order valence-corrected chi connectivity index (χ0v) is 13.8. The van der Waals surface area contributed by atoms with Crippen molar-refractivity contribution in [2.75, 3.05) is 20.3 Å². The van der Waals surface area contributed by atoms with Crippen LogP contribution >= 0.6 is 0 Å². The van der Waals surface area contributed by atoms with Crippen molar-refractivity contribution in [3.8, 4) is 0 Å². The predicted octanol–water partition coefficient (Wildman–Crippen LogP) is 1.61. The molecule has 7 nitrogen and oxygen atoms in total. The molecule has 1 aromatic carbocycles. The van der Waals surface area contributed by atoms with Gasteiger partial charge >= 0.3 is 0 Å². The molecule has 7 heteroatoms. The van der Waals surface area contributed by atoms with E-state index in [1.54, 1.807) is 54.6 Å². The summed E-state index contributed by atoms with van der Waals surface area (Å²) in [5.41, 5.74) is 0.706. The van der Waals surface area contributed by atoms with Crippen LogP contribution in [0.4, 0.5) is 0 Å². The molecule has 0 unspecified atom stereocenters. The standard InChI is InChI=1S/C18H18N4O3/c1-25-11-10-22(18(24)15-8-4-5-9-19-15)12-16-20-14-7-3-2-6-13(14)17(23)21-16/h2-9H,10-12H2,1H3,(H,20,21,23). The number of amides is 1. The quantitative estimate of drug-likeness (QED) is 0.738. The lowest BCUT2D eigenvalue weighted by atomic mass is 10.2. The zero-order valence-electron chi connectivity index (χ0n) is 13.8. The van der Waals surface area contributed by atoms with Crippen LogP contribution in [0.25, 0.3) is 10.9 Å². The Kier molecular flexibility index (Phi) is 5.15. The van der Waals surface area contributed by atoms with E-state index in [1.165, 1.54) is 0 Å². The monoisotopic (exact) mass is 338 g/mol. The molecule has 0 fully saturated rings. The van der Waals surface area contributed by atoms with Crippen molar-refractivity contribution in [3.63, 3.8) is 0 Å². The lowest BCUT2D eigenvalue weighted by Gasteiger charge is -2.21. The number of benzene rings is 1. The van der Waals surface area contributed by atoms with E-state index in [-0.39, 0.29) is 18.0 Å². The lowest BCUT2D eigenvalue weighted by molar-refractivity contribution is 0.0669. The van der Waals surface area contributed by atoms with Gasteiger partial charge < -0.3 is 14.6 Å². The molecule has 25 heavy (non-hydrogen) atoms. The van der Waals surface area contributed by atoms with Crippen LogP contribution < -0.4 is 5.56 Å². The number of carbonyl (C=O) groups excluding carboxylic acids is 1. The second-order valence-corrected chi connectivity index (χ2v) is 5.46. The van der Waals surface area contributed by atoms with Crippen LogP contribution in [0.1, 0.15) is 16.3 Å². The summed E-state index contributed by atoms with van der Waals surface area (Å²) in [4.78, 5) is 37.7. The molecule has 0 saturated heterocycles. The van der Waals surface area contributed by atoms with Gasteiger partial charge in [0.1, 0.15) is 11.5 Å². The molecule has 128 valence electrons. The van der Waals surface area contributed by atoms with Gasteiger partial charge in [0, 0.05) is 19.9 Å². The number of methoxy groups -OCH3 is 1. The van der Waals surface area contributed by atoms with E-state index in [4.69, 9.17) is 4.74 Å². The molecule has 0 atom stereocenters. The highest BCUT2D eigenvalue weighted by molar-refractivity contribution is 5.92. The van der Waals surface area contributed by atoms with Crippen LogP contribution in [0, 0.1) is 0 Å². The van der Waals surface area contributed by atoms with Gasteiger partial charge in [-0.15, -0.1) is 0 Å². The maximum atomic E-state index is 12.7. The second kappa shape index (κ2) is 7.67. The van der Waals surface area contributed by atoms with Gasteiger partial charge in [-0.25, -0.2) is 4.98 Å². The number of carbonyl (C=O) groups is 1. The first-order valence-corrected chi connectivity index (χ1v) is 7.86. The fourth-order valence-corrected chi connectivity index (χ4v) is 2.50. The highest BCUT2D eigenvalue weighted by atomic mass is 16.5. The molecule has 2 heterocycles. The topological polar surface area (TPSA) is 88.2 Å². The van der Waals surface area contributed by atoms with E-state index >= 15 is 0 Å². The molecule has 0 spiro atoms. The largest absolute Gasteiger partial charge is 0.383 e. The van der Waals surface area contributed by atoms with Gasteiger partial charge in [-0.05, 0) is 24.3 Å². The number of rotatable bonds is 6. The molecule has 0 aliphatic carbocycles. The number of fused-ring (bicyclic) bond motifs is 1.